The van der Waals surface area contributed by atoms with E-state index < -0.39 is 0 Å². The number of hydrogen-bond donors (Lipinski definition) is 1. The maximum atomic E-state index is 12.8. The molecule has 170 valence electrons. The minimum Gasteiger partial charge on any atom is -0.316 e. The van der Waals surface area contributed by atoms with Crippen molar-refractivity contribution in [3.8, 4) is 17.5 Å². The fourth-order valence-electron chi connectivity index (χ4n) is 4.00. The minimum atomic E-state index is -0.152. The highest BCUT2D eigenvalue weighted by Gasteiger charge is 2.26. The lowest BCUT2D eigenvalue weighted by molar-refractivity contribution is -0.113. The Hall–Kier alpha value is -2.41. The topological polar surface area (TPSA) is 83.6 Å². The van der Waals surface area contributed by atoms with Crippen LogP contribution in [0, 0.1) is 17.2 Å². The second kappa shape index (κ2) is 10.7. The molecule has 0 bridgehead atoms. The van der Waals surface area contributed by atoms with Gasteiger partial charge in [0.05, 0.1) is 11.3 Å². The van der Waals surface area contributed by atoms with Crippen molar-refractivity contribution in [3.63, 3.8) is 0 Å². The quantitative estimate of drug-likeness (QED) is 0.276. The van der Waals surface area contributed by atoms with Gasteiger partial charge >= 0.3 is 0 Å². The molecule has 0 radical (unpaired) electrons. The summed E-state index contributed by atoms with van der Waals surface area (Å²) in [5.74, 6) is 1.42. The number of anilines is 1. The predicted octanol–water partition coefficient (Wildman–Crippen LogP) is 6.07. The van der Waals surface area contributed by atoms with E-state index >= 15 is 0 Å². The molecule has 0 saturated carbocycles. The largest absolute Gasteiger partial charge is 0.316 e. The Morgan fingerprint density at radius 2 is 2.21 bits per heavy atom. The van der Waals surface area contributed by atoms with Crippen LogP contribution in [0.5, 0.6) is 0 Å². The molecule has 1 aliphatic rings. The van der Waals surface area contributed by atoms with Crippen LogP contribution in [0.15, 0.2) is 46.5 Å². The van der Waals surface area contributed by atoms with Gasteiger partial charge < -0.3 is 5.32 Å². The van der Waals surface area contributed by atoms with Crippen LogP contribution in [-0.2, 0) is 24.2 Å². The van der Waals surface area contributed by atoms with Crippen LogP contribution in [0.1, 0.15) is 35.8 Å². The van der Waals surface area contributed by atoms with Gasteiger partial charge in [0.2, 0.25) is 5.91 Å². The Morgan fingerprint density at radius 3 is 2.91 bits per heavy atom. The molecule has 33 heavy (non-hydrogen) atoms. The van der Waals surface area contributed by atoms with Crippen molar-refractivity contribution in [2.45, 2.75) is 44.3 Å². The van der Waals surface area contributed by atoms with Crippen LogP contribution in [0.4, 0.5) is 5.00 Å². The van der Waals surface area contributed by atoms with E-state index in [-0.39, 0.29) is 11.7 Å². The van der Waals surface area contributed by atoms with E-state index in [4.69, 9.17) is 0 Å². The van der Waals surface area contributed by atoms with E-state index in [1.807, 2.05) is 28.8 Å². The molecule has 2 heterocycles. The van der Waals surface area contributed by atoms with Crippen LogP contribution in [-0.4, -0.2) is 26.4 Å². The van der Waals surface area contributed by atoms with Crippen molar-refractivity contribution in [1.82, 2.24) is 14.8 Å². The number of allylic oxidation sites excluding steroid dienone is 1. The first-order valence-electron chi connectivity index (χ1n) is 10.8. The number of amides is 1. The number of aromatic nitrogens is 3. The maximum Gasteiger partial charge on any atom is 0.235 e. The number of carbonyl (C=O) groups is 1. The summed E-state index contributed by atoms with van der Waals surface area (Å²) in [6.07, 6.45) is 5.96. The third-order valence-electron chi connectivity index (χ3n) is 5.77. The van der Waals surface area contributed by atoms with Crippen molar-refractivity contribution < 1.29 is 4.79 Å². The molecule has 0 saturated heterocycles. The first-order valence-corrected chi connectivity index (χ1v) is 13.4. The van der Waals surface area contributed by atoms with Gasteiger partial charge in [0.1, 0.15) is 11.1 Å². The van der Waals surface area contributed by atoms with Crippen molar-refractivity contribution in [2.75, 3.05) is 11.1 Å². The molecule has 1 N–H and O–H groups in total. The molecular formula is C24H24BrN5OS2. The highest BCUT2D eigenvalue weighted by molar-refractivity contribution is 9.10. The number of fused-ring (bicyclic) bond motifs is 1. The third kappa shape index (κ3) is 5.24. The molecule has 1 atom stereocenters. The van der Waals surface area contributed by atoms with Crippen LogP contribution in [0.25, 0.3) is 11.4 Å². The molecule has 9 heteroatoms. The highest BCUT2D eigenvalue weighted by atomic mass is 79.9. The summed E-state index contributed by atoms with van der Waals surface area (Å²) in [7, 11) is 0. The van der Waals surface area contributed by atoms with E-state index in [0.717, 1.165) is 47.1 Å². The SMILES string of the molecule is C=CCn1c(SCC(=O)Nc2sc3c(c2C#N)CCC(CC)C3)nnc1-c1ccc(Br)cc1. The van der Waals surface area contributed by atoms with Gasteiger partial charge in [0.25, 0.3) is 0 Å². The normalized spacial score (nSPS) is 15.0. The van der Waals surface area contributed by atoms with E-state index in [0.29, 0.717) is 28.2 Å². The lowest BCUT2D eigenvalue weighted by Gasteiger charge is -2.20. The third-order valence-corrected chi connectivity index (χ3v) is 8.44. The van der Waals surface area contributed by atoms with Gasteiger partial charge in [-0.3, -0.25) is 9.36 Å². The van der Waals surface area contributed by atoms with Crippen LogP contribution < -0.4 is 5.32 Å². The summed E-state index contributed by atoms with van der Waals surface area (Å²) in [6.45, 7) is 6.59. The van der Waals surface area contributed by atoms with Gasteiger partial charge in [-0.2, -0.15) is 5.26 Å². The molecule has 1 amide bonds. The fraction of sp³-hybridized carbons (Fsp3) is 0.333. The number of nitriles is 1. The molecule has 0 fully saturated rings. The predicted molar refractivity (Wildman–Crippen MR) is 138 cm³/mol. The smallest absolute Gasteiger partial charge is 0.235 e. The second-order valence-electron chi connectivity index (χ2n) is 7.89. The number of nitrogens with one attached hydrogen (secondary N) is 1. The zero-order valence-electron chi connectivity index (χ0n) is 18.3. The number of benzene rings is 1. The molecule has 0 spiro atoms. The summed E-state index contributed by atoms with van der Waals surface area (Å²) < 4.78 is 2.94. The number of hydrogen-bond acceptors (Lipinski definition) is 6. The van der Waals surface area contributed by atoms with Gasteiger partial charge in [-0.25, -0.2) is 0 Å². The molecule has 1 aliphatic carbocycles. The van der Waals surface area contributed by atoms with Gasteiger partial charge in [-0.05, 0) is 42.9 Å². The van der Waals surface area contributed by atoms with E-state index in [1.165, 1.54) is 16.6 Å². The van der Waals surface area contributed by atoms with Crippen LogP contribution >= 0.6 is 39.0 Å². The summed E-state index contributed by atoms with van der Waals surface area (Å²) in [4.78, 5) is 14.0. The van der Waals surface area contributed by atoms with Gasteiger partial charge in [-0.1, -0.05) is 59.2 Å². The van der Waals surface area contributed by atoms with Crippen LogP contribution in [0.2, 0.25) is 0 Å². The average Bonchev–Trinajstić information content (AvgIpc) is 3.38. The first kappa shape index (κ1) is 23.7. The highest BCUT2D eigenvalue weighted by Crippen LogP contribution is 2.40. The Balaban J connectivity index is 1.47. The summed E-state index contributed by atoms with van der Waals surface area (Å²) in [6, 6.07) is 10.2. The summed E-state index contributed by atoms with van der Waals surface area (Å²) >= 11 is 6.33. The van der Waals surface area contributed by atoms with Crippen LogP contribution in [0.3, 0.4) is 0 Å². The number of carbonyl (C=O) groups excluding carboxylic acids is 1. The Bertz CT molecular complexity index is 1210. The Labute approximate surface area is 210 Å². The van der Waals surface area contributed by atoms with E-state index in [2.05, 4.69) is 51.0 Å². The minimum absolute atomic E-state index is 0.152. The molecule has 0 aliphatic heterocycles. The van der Waals surface area contributed by atoms with Crippen molar-refractivity contribution >= 4 is 49.9 Å². The molecule has 3 aromatic rings. The zero-order valence-corrected chi connectivity index (χ0v) is 21.5. The number of thiophene rings is 1. The Kier molecular flexibility index (Phi) is 7.68. The molecule has 2 aromatic heterocycles. The number of rotatable bonds is 8. The maximum absolute atomic E-state index is 12.8. The number of halogens is 1. The average molecular weight is 543 g/mol. The fourth-order valence-corrected chi connectivity index (χ4v) is 6.34. The van der Waals surface area contributed by atoms with Crippen molar-refractivity contribution in [3.05, 3.63) is 57.4 Å². The number of nitrogens with zero attached hydrogens (tertiary/aromatic N) is 4. The molecule has 4 rings (SSSR count). The summed E-state index contributed by atoms with van der Waals surface area (Å²) in [5.41, 5.74) is 2.70. The lowest BCUT2D eigenvalue weighted by atomic mass is 9.86. The lowest BCUT2D eigenvalue weighted by Crippen LogP contribution is -2.15. The first-order chi connectivity index (χ1) is 16.0. The standard InChI is InChI=1S/C24H24BrN5OS2/c1-3-11-30-22(16-6-8-17(25)9-7-16)28-29-24(30)32-14-21(31)27-23-19(13-26)18-10-5-15(4-2)12-20(18)33-23/h3,6-9,15H,1,4-5,10-12,14H2,2H3,(H,27,31). The summed E-state index contributed by atoms with van der Waals surface area (Å²) in [5, 5.41) is 22.6. The van der Waals surface area contributed by atoms with E-state index in [9.17, 15) is 10.1 Å². The number of thioether (sulfide) groups is 1. The van der Waals surface area contributed by atoms with E-state index in [1.54, 1.807) is 17.4 Å². The van der Waals surface area contributed by atoms with Crippen molar-refractivity contribution in [1.29, 1.82) is 5.26 Å². The molecular weight excluding hydrogens is 518 g/mol. The molecule has 6 nitrogen and oxygen atoms in total. The molecule has 1 unspecified atom stereocenters. The zero-order chi connectivity index (χ0) is 23.4. The second-order valence-corrected chi connectivity index (χ2v) is 10.8. The van der Waals surface area contributed by atoms with Crippen molar-refractivity contribution in [2.24, 2.45) is 5.92 Å². The Morgan fingerprint density at radius 1 is 1.42 bits per heavy atom. The van der Waals surface area contributed by atoms with Gasteiger partial charge in [0.15, 0.2) is 11.0 Å². The van der Waals surface area contributed by atoms with Gasteiger partial charge in [-0.15, -0.1) is 28.1 Å². The molecule has 1 aromatic carbocycles. The monoisotopic (exact) mass is 541 g/mol. The van der Waals surface area contributed by atoms with Gasteiger partial charge in [0, 0.05) is 21.5 Å².